The third-order valence-electron chi connectivity index (χ3n) is 3.11. The van der Waals surface area contributed by atoms with Crippen LogP contribution in [0.1, 0.15) is 5.56 Å². The second-order valence-corrected chi connectivity index (χ2v) is 6.52. The first-order chi connectivity index (χ1) is 9.22. The van der Waals surface area contributed by atoms with E-state index in [-0.39, 0.29) is 6.10 Å². The summed E-state index contributed by atoms with van der Waals surface area (Å²) in [6, 6.07) is 14.1. The summed E-state index contributed by atoms with van der Waals surface area (Å²) in [5.74, 6) is 1.93. The maximum absolute atomic E-state index is 5.94. The van der Waals surface area contributed by atoms with Gasteiger partial charge in [-0.15, -0.1) is 11.8 Å². The number of ether oxygens (including phenoxy) is 1. The van der Waals surface area contributed by atoms with Crippen molar-refractivity contribution in [1.82, 2.24) is 0 Å². The van der Waals surface area contributed by atoms with E-state index in [1.807, 2.05) is 30.3 Å². The highest BCUT2D eigenvalue weighted by Gasteiger charge is 2.23. The van der Waals surface area contributed by atoms with Crippen molar-refractivity contribution in [2.45, 2.75) is 17.4 Å². The van der Waals surface area contributed by atoms with E-state index in [0.717, 1.165) is 33.0 Å². The van der Waals surface area contributed by atoms with Crippen molar-refractivity contribution < 1.29 is 4.74 Å². The lowest BCUT2D eigenvalue weighted by atomic mass is 10.1. The lowest BCUT2D eigenvalue weighted by Gasteiger charge is -2.11. The number of hydrogen-bond donors (Lipinski definition) is 1. The van der Waals surface area contributed by atoms with Crippen LogP contribution in [-0.4, -0.2) is 11.9 Å². The molecule has 2 N–H and O–H groups in total. The molecule has 0 spiro atoms. The van der Waals surface area contributed by atoms with Gasteiger partial charge in [0, 0.05) is 27.2 Å². The van der Waals surface area contributed by atoms with E-state index in [4.69, 9.17) is 10.5 Å². The Morgan fingerprint density at radius 1 is 1.26 bits per heavy atom. The lowest BCUT2D eigenvalue weighted by molar-refractivity contribution is 0.259. The number of thioether (sulfide) groups is 1. The van der Waals surface area contributed by atoms with Gasteiger partial charge in [0.2, 0.25) is 0 Å². The van der Waals surface area contributed by atoms with Crippen LogP contribution in [0.4, 0.5) is 5.69 Å². The number of hydrogen-bond acceptors (Lipinski definition) is 3. The van der Waals surface area contributed by atoms with Crippen molar-refractivity contribution in [3.8, 4) is 5.75 Å². The van der Waals surface area contributed by atoms with E-state index in [1.165, 1.54) is 5.56 Å². The van der Waals surface area contributed by atoms with E-state index >= 15 is 0 Å². The van der Waals surface area contributed by atoms with Crippen molar-refractivity contribution in [3.05, 3.63) is 52.5 Å². The molecule has 0 bridgehead atoms. The third-order valence-corrected chi connectivity index (χ3v) is 4.82. The zero-order valence-corrected chi connectivity index (χ0v) is 12.7. The van der Waals surface area contributed by atoms with Gasteiger partial charge >= 0.3 is 0 Å². The van der Waals surface area contributed by atoms with Crippen molar-refractivity contribution >= 4 is 33.4 Å². The monoisotopic (exact) mass is 335 g/mol. The Balaban J connectivity index is 1.63. The van der Waals surface area contributed by atoms with Gasteiger partial charge in [0.05, 0.1) is 0 Å². The van der Waals surface area contributed by atoms with Gasteiger partial charge in [0.15, 0.2) is 0 Å². The van der Waals surface area contributed by atoms with Crippen LogP contribution in [0.15, 0.2) is 51.8 Å². The summed E-state index contributed by atoms with van der Waals surface area (Å²) in [6.07, 6.45) is 1.20. The zero-order valence-electron chi connectivity index (χ0n) is 10.3. The molecule has 0 aliphatic carbocycles. The van der Waals surface area contributed by atoms with Gasteiger partial charge < -0.3 is 10.5 Å². The van der Waals surface area contributed by atoms with E-state index in [1.54, 1.807) is 11.8 Å². The molecule has 4 heteroatoms. The second kappa shape index (κ2) is 5.47. The molecule has 0 saturated heterocycles. The number of rotatable bonds is 3. The van der Waals surface area contributed by atoms with Gasteiger partial charge in [0.25, 0.3) is 0 Å². The van der Waals surface area contributed by atoms with Gasteiger partial charge in [-0.05, 0) is 35.9 Å². The van der Waals surface area contributed by atoms with Crippen molar-refractivity contribution in [2.24, 2.45) is 0 Å². The highest BCUT2D eigenvalue weighted by Crippen LogP contribution is 2.34. The first-order valence-corrected chi connectivity index (χ1v) is 7.92. The minimum atomic E-state index is 0.230. The quantitative estimate of drug-likeness (QED) is 0.676. The molecule has 1 aliphatic heterocycles. The summed E-state index contributed by atoms with van der Waals surface area (Å²) in [6.45, 7) is 0. The van der Waals surface area contributed by atoms with Crippen molar-refractivity contribution in [2.75, 3.05) is 11.5 Å². The average molecular weight is 336 g/mol. The average Bonchev–Trinajstić information content (AvgIpc) is 2.79. The molecule has 2 nitrogen and oxygen atoms in total. The summed E-state index contributed by atoms with van der Waals surface area (Å²) < 4.78 is 7.05. The number of nitrogens with two attached hydrogens (primary N) is 1. The molecule has 0 saturated carbocycles. The van der Waals surface area contributed by atoms with Gasteiger partial charge in [-0.2, -0.15) is 0 Å². The molecule has 0 amide bonds. The first kappa shape index (κ1) is 12.9. The maximum atomic E-state index is 5.94. The highest BCUT2D eigenvalue weighted by molar-refractivity contribution is 9.10. The van der Waals surface area contributed by atoms with Crippen LogP contribution in [0.5, 0.6) is 5.75 Å². The molecular weight excluding hydrogens is 322 g/mol. The molecule has 1 aliphatic rings. The molecule has 0 fully saturated rings. The molecule has 0 aromatic heterocycles. The number of fused-ring (bicyclic) bond motifs is 1. The second-order valence-electron chi connectivity index (χ2n) is 4.54. The summed E-state index contributed by atoms with van der Waals surface area (Å²) in [4.78, 5) is 1.13. The molecule has 0 radical (unpaired) electrons. The largest absolute Gasteiger partial charge is 0.489 e. The van der Waals surface area contributed by atoms with Crippen LogP contribution in [0.2, 0.25) is 0 Å². The first-order valence-electron chi connectivity index (χ1n) is 6.15. The van der Waals surface area contributed by atoms with E-state index in [2.05, 4.69) is 28.1 Å². The Bertz CT molecular complexity index is 602. The molecule has 98 valence electrons. The van der Waals surface area contributed by atoms with Crippen LogP contribution in [0, 0.1) is 0 Å². The van der Waals surface area contributed by atoms with Crippen LogP contribution in [0.3, 0.4) is 0 Å². The lowest BCUT2D eigenvalue weighted by Crippen LogP contribution is -2.15. The molecule has 2 aromatic rings. The number of para-hydroxylation sites is 1. The van der Waals surface area contributed by atoms with Gasteiger partial charge in [-0.3, -0.25) is 0 Å². The third kappa shape index (κ3) is 2.90. The Labute approximate surface area is 125 Å². The Kier molecular flexibility index (Phi) is 3.71. The van der Waals surface area contributed by atoms with E-state index in [9.17, 15) is 0 Å². The SMILES string of the molecule is Nc1ccccc1SCC1Cc2cc(Br)ccc2O1. The Morgan fingerprint density at radius 2 is 2.11 bits per heavy atom. The van der Waals surface area contributed by atoms with Crippen LogP contribution >= 0.6 is 27.7 Å². The van der Waals surface area contributed by atoms with E-state index in [0.29, 0.717) is 0 Å². The van der Waals surface area contributed by atoms with Gasteiger partial charge in [-0.25, -0.2) is 0 Å². The number of nitrogen functional groups attached to an aromatic ring is 1. The fourth-order valence-electron chi connectivity index (χ4n) is 2.18. The standard InChI is InChI=1S/C15H14BrNOS/c16-11-5-6-14-10(7-11)8-12(18-14)9-19-15-4-2-1-3-13(15)17/h1-7,12H,8-9,17H2. The fourth-order valence-corrected chi connectivity index (χ4v) is 3.55. The fraction of sp³-hybridized carbons (Fsp3) is 0.200. The summed E-state index contributed by atoms with van der Waals surface area (Å²) in [5, 5.41) is 0. The highest BCUT2D eigenvalue weighted by atomic mass is 79.9. The molecule has 19 heavy (non-hydrogen) atoms. The minimum Gasteiger partial charge on any atom is -0.489 e. The van der Waals surface area contributed by atoms with Crippen LogP contribution in [-0.2, 0) is 6.42 Å². The van der Waals surface area contributed by atoms with Crippen LogP contribution in [0.25, 0.3) is 0 Å². The molecular formula is C15H14BrNOS. The van der Waals surface area contributed by atoms with E-state index < -0.39 is 0 Å². The Hall–Kier alpha value is -1.13. The number of halogens is 1. The topological polar surface area (TPSA) is 35.2 Å². The molecule has 3 rings (SSSR count). The number of anilines is 1. The molecule has 2 aromatic carbocycles. The number of benzene rings is 2. The summed E-state index contributed by atoms with van der Waals surface area (Å²) >= 11 is 5.25. The molecule has 1 unspecified atom stereocenters. The molecule has 1 heterocycles. The molecule has 1 atom stereocenters. The maximum Gasteiger partial charge on any atom is 0.123 e. The predicted octanol–water partition coefficient (Wildman–Crippen LogP) is 4.13. The van der Waals surface area contributed by atoms with Crippen molar-refractivity contribution in [1.29, 1.82) is 0 Å². The smallest absolute Gasteiger partial charge is 0.123 e. The van der Waals surface area contributed by atoms with Crippen LogP contribution < -0.4 is 10.5 Å². The van der Waals surface area contributed by atoms with Gasteiger partial charge in [0.1, 0.15) is 11.9 Å². The summed E-state index contributed by atoms with van der Waals surface area (Å²) in [7, 11) is 0. The minimum absolute atomic E-state index is 0.230. The zero-order chi connectivity index (χ0) is 13.2. The van der Waals surface area contributed by atoms with Crippen molar-refractivity contribution in [3.63, 3.8) is 0 Å². The predicted molar refractivity (Wildman–Crippen MR) is 83.8 cm³/mol. The summed E-state index contributed by atoms with van der Waals surface area (Å²) in [5.41, 5.74) is 8.06. The van der Waals surface area contributed by atoms with Gasteiger partial charge in [-0.1, -0.05) is 28.1 Å². The Morgan fingerprint density at radius 3 is 2.95 bits per heavy atom. The normalized spacial score (nSPS) is 17.0.